The van der Waals surface area contributed by atoms with Crippen molar-refractivity contribution in [3.63, 3.8) is 0 Å². The van der Waals surface area contributed by atoms with Crippen LogP contribution in [0.5, 0.6) is 0 Å². The number of carbonyl (C=O) groups excluding carboxylic acids is 1. The Kier molecular flexibility index (Phi) is 3.51. The molecule has 0 aliphatic heterocycles. The molecular weight excluding hydrogens is 178 g/mol. The molecule has 0 bridgehead atoms. The molecule has 0 spiro atoms. The molecule has 1 N–H and O–H groups in total. The van der Waals surface area contributed by atoms with Gasteiger partial charge in [0, 0.05) is 18.2 Å². The summed E-state index contributed by atoms with van der Waals surface area (Å²) in [5.41, 5.74) is 2.57. The standard InChI is InChI=1S/C11H15NO2/c1-4-10(8(2)13)11(12-3)9-5-6-14-7-9/h5-7,12H,4H2,1-3H3/b11-10-. The van der Waals surface area contributed by atoms with Crippen LogP contribution in [-0.4, -0.2) is 12.8 Å². The van der Waals surface area contributed by atoms with Gasteiger partial charge in [-0.25, -0.2) is 0 Å². The summed E-state index contributed by atoms with van der Waals surface area (Å²) in [5, 5.41) is 3.04. The first kappa shape index (κ1) is 10.6. The van der Waals surface area contributed by atoms with Crippen molar-refractivity contribution in [3.05, 3.63) is 29.7 Å². The maximum absolute atomic E-state index is 11.3. The van der Waals surface area contributed by atoms with Crippen molar-refractivity contribution in [2.24, 2.45) is 0 Å². The molecule has 0 radical (unpaired) electrons. The van der Waals surface area contributed by atoms with Crippen molar-refractivity contribution < 1.29 is 9.21 Å². The summed E-state index contributed by atoms with van der Waals surface area (Å²) in [6, 6.07) is 1.84. The number of allylic oxidation sites excluding steroid dienone is 1. The summed E-state index contributed by atoms with van der Waals surface area (Å²) < 4.78 is 4.99. The molecule has 76 valence electrons. The zero-order valence-electron chi connectivity index (χ0n) is 8.76. The third kappa shape index (κ3) is 2.05. The quantitative estimate of drug-likeness (QED) is 0.745. The molecule has 1 aromatic heterocycles. The number of rotatable bonds is 4. The average molecular weight is 193 g/mol. The number of hydrogen-bond acceptors (Lipinski definition) is 3. The Morgan fingerprint density at radius 3 is 2.64 bits per heavy atom. The van der Waals surface area contributed by atoms with Gasteiger partial charge in [0.05, 0.1) is 18.2 Å². The van der Waals surface area contributed by atoms with Crippen molar-refractivity contribution in [3.8, 4) is 0 Å². The average Bonchev–Trinajstić information content (AvgIpc) is 2.65. The van der Waals surface area contributed by atoms with Crippen molar-refractivity contribution in [2.75, 3.05) is 7.05 Å². The van der Waals surface area contributed by atoms with E-state index in [4.69, 9.17) is 4.42 Å². The number of nitrogens with one attached hydrogen (secondary N) is 1. The fourth-order valence-corrected chi connectivity index (χ4v) is 1.48. The van der Waals surface area contributed by atoms with Crippen molar-refractivity contribution in [1.82, 2.24) is 5.32 Å². The molecule has 1 heterocycles. The lowest BCUT2D eigenvalue weighted by atomic mass is 10.0. The Bertz CT molecular complexity index is 336. The van der Waals surface area contributed by atoms with Gasteiger partial charge >= 0.3 is 0 Å². The first-order chi connectivity index (χ1) is 6.70. The van der Waals surface area contributed by atoms with E-state index in [0.717, 1.165) is 23.3 Å². The number of Topliss-reactive ketones (excluding diaryl/α,β-unsaturated/α-hetero) is 1. The second-order valence-electron chi connectivity index (χ2n) is 3.03. The fourth-order valence-electron chi connectivity index (χ4n) is 1.48. The number of furan rings is 1. The number of ketones is 1. The summed E-state index contributed by atoms with van der Waals surface area (Å²) in [5.74, 6) is 0.0954. The van der Waals surface area contributed by atoms with E-state index in [0.29, 0.717) is 0 Å². The Hall–Kier alpha value is -1.51. The van der Waals surface area contributed by atoms with Crippen molar-refractivity contribution in [2.45, 2.75) is 20.3 Å². The lowest BCUT2D eigenvalue weighted by Crippen LogP contribution is -2.11. The highest BCUT2D eigenvalue weighted by molar-refractivity contribution is 6.00. The lowest BCUT2D eigenvalue weighted by Gasteiger charge is -2.09. The van der Waals surface area contributed by atoms with Crippen molar-refractivity contribution >= 4 is 11.5 Å². The van der Waals surface area contributed by atoms with Gasteiger partial charge in [-0.05, 0) is 19.4 Å². The van der Waals surface area contributed by atoms with Crippen LogP contribution >= 0.6 is 0 Å². The number of hydrogen-bond donors (Lipinski definition) is 1. The summed E-state index contributed by atoms with van der Waals surface area (Å²) >= 11 is 0. The minimum Gasteiger partial charge on any atom is -0.472 e. The van der Waals surface area contributed by atoms with Gasteiger partial charge < -0.3 is 9.73 Å². The third-order valence-corrected chi connectivity index (χ3v) is 2.14. The van der Waals surface area contributed by atoms with E-state index in [1.165, 1.54) is 0 Å². The van der Waals surface area contributed by atoms with Gasteiger partial charge in [-0.3, -0.25) is 4.79 Å². The van der Waals surface area contributed by atoms with Crippen molar-refractivity contribution in [1.29, 1.82) is 0 Å². The Morgan fingerprint density at radius 2 is 2.29 bits per heavy atom. The molecule has 3 nitrogen and oxygen atoms in total. The van der Waals surface area contributed by atoms with Crippen LogP contribution in [0.25, 0.3) is 5.70 Å². The minimum atomic E-state index is 0.0954. The first-order valence-corrected chi connectivity index (χ1v) is 4.65. The zero-order chi connectivity index (χ0) is 10.6. The van der Waals surface area contributed by atoms with Crippen LogP contribution in [-0.2, 0) is 4.79 Å². The molecule has 0 fully saturated rings. The van der Waals surface area contributed by atoms with Gasteiger partial charge in [0.1, 0.15) is 0 Å². The highest BCUT2D eigenvalue weighted by Crippen LogP contribution is 2.18. The molecule has 0 aliphatic rings. The Labute approximate surface area is 83.8 Å². The van der Waals surface area contributed by atoms with Gasteiger partial charge in [0.2, 0.25) is 0 Å². The van der Waals surface area contributed by atoms with Crippen LogP contribution in [0.4, 0.5) is 0 Å². The summed E-state index contributed by atoms with van der Waals surface area (Å²) in [6.07, 6.45) is 3.95. The van der Waals surface area contributed by atoms with Crippen LogP contribution in [0.3, 0.4) is 0 Å². The third-order valence-electron chi connectivity index (χ3n) is 2.14. The van der Waals surface area contributed by atoms with Gasteiger partial charge in [-0.2, -0.15) is 0 Å². The van der Waals surface area contributed by atoms with Crippen LogP contribution in [0.2, 0.25) is 0 Å². The van der Waals surface area contributed by atoms with Gasteiger partial charge in [-0.15, -0.1) is 0 Å². The predicted octanol–water partition coefficient (Wildman–Crippen LogP) is 2.21. The molecule has 0 unspecified atom stereocenters. The maximum Gasteiger partial charge on any atom is 0.157 e. The van der Waals surface area contributed by atoms with E-state index in [1.54, 1.807) is 26.5 Å². The monoisotopic (exact) mass is 193 g/mol. The molecule has 14 heavy (non-hydrogen) atoms. The topological polar surface area (TPSA) is 42.2 Å². The summed E-state index contributed by atoms with van der Waals surface area (Å²) in [7, 11) is 1.81. The van der Waals surface area contributed by atoms with Crippen LogP contribution in [0, 0.1) is 0 Å². The zero-order valence-corrected chi connectivity index (χ0v) is 8.76. The van der Waals surface area contributed by atoms with Gasteiger partial charge in [0.15, 0.2) is 5.78 Å². The summed E-state index contributed by atoms with van der Waals surface area (Å²) in [6.45, 7) is 3.55. The largest absolute Gasteiger partial charge is 0.472 e. The molecule has 1 rings (SSSR count). The first-order valence-electron chi connectivity index (χ1n) is 4.65. The Morgan fingerprint density at radius 1 is 1.57 bits per heavy atom. The SMILES string of the molecule is CC/C(C(C)=O)=C(/NC)c1ccoc1. The lowest BCUT2D eigenvalue weighted by molar-refractivity contribution is -0.113. The normalized spacial score (nSPS) is 12.2. The van der Waals surface area contributed by atoms with Gasteiger partial charge in [0.25, 0.3) is 0 Å². The molecule has 0 amide bonds. The van der Waals surface area contributed by atoms with E-state index >= 15 is 0 Å². The van der Waals surface area contributed by atoms with E-state index in [2.05, 4.69) is 5.32 Å². The summed E-state index contributed by atoms with van der Waals surface area (Å²) in [4.78, 5) is 11.3. The molecule has 3 heteroatoms. The molecule has 0 aliphatic carbocycles. The second kappa shape index (κ2) is 4.65. The van der Waals surface area contributed by atoms with Crippen LogP contribution < -0.4 is 5.32 Å². The van der Waals surface area contributed by atoms with E-state index in [-0.39, 0.29) is 5.78 Å². The second-order valence-corrected chi connectivity index (χ2v) is 3.03. The fraction of sp³-hybridized carbons (Fsp3) is 0.364. The molecule has 0 saturated carbocycles. The highest BCUT2D eigenvalue weighted by atomic mass is 16.3. The van der Waals surface area contributed by atoms with Crippen LogP contribution in [0.1, 0.15) is 25.8 Å². The predicted molar refractivity (Wildman–Crippen MR) is 55.7 cm³/mol. The molecular formula is C11H15NO2. The number of carbonyl (C=O) groups is 1. The van der Waals surface area contributed by atoms with E-state index in [9.17, 15) is 4.79 Å². The maximum atomic E-state index is 11.3. The molecule has 0 atom stereocenters. The molecule has 0 aromatic carbocycles. The Balaban J connectivity index is 3.17. The van der Waals surface area contributed by atoms with E-state index in [1.807, 2.05) is 13.0 Å². The smallest absolute Gasteiger partial charge is 0.157 e. The van der Waals surface area contributed by atoms with Crippen LogP contribution in [0.15, 0.2) is 28.6 Å². The van der Waals surface area contributed by atoms with E-state index < -0.39 is 0 Å². The molecule has 0 saturated heterocycles. The van der Waals surface area contributed by atoms with Gasteiger partial charge in [-0.1, -0.05) is 6.92 Å². The molecule has 1 aromatic rings. The highest BCUT2D eigenvalue weighted by Gasteiger charge is 2.11. The minimum absolute atomic E-state index is 0.0954.